The minimum Gasteiger partial charge on any atom is -0.449 e. The van der Waals surface area contributed by atoms with Crippen LogP contribution < -0.4 is 14.9 Å². The molecule has 204 valence electrons. The third-order valence-electron chi connectivity index (χ3n) is 6.14. The Bertz CT molecular complexity index is 1700. The van der Waals surface area contributed by atoms with Gasteiger partial charge in [0.15, 0.2) is 0 Å². The predicted octanol–water partition coefficient (Wildman–Crippen LogP) is 5.81. The van der Waals surface area contributed by atoms with Crippen molar-refractivity contribution >= 4 is 28.8 Å². The molecular formula is C29H20F3NO7. The lowest BCUT2D eigenvalue weighted by Crippen LogP contribution is -2.32. The van der Waals surface area contributed by atoms with Crippen molar-refractivity contribution < 1.29 is 41.4 Å². The fraction of sp³-hybridized carbons (Fsp3) is 0.172. The van der Waals surface area contributed by atoms with Gasteiger partial charge < -0.3 is 13.9 Å². The Morgan fingerprint density at radius 3 is 2.10 bits per heavy atom. The number of ether oxygens (including phenoxy) is 2. The monoisotopic (exact) mass is 551 g/mol. The molecule has 4 aromatic rings. The van der Waals surface area contributed by atoms with Crippen LogP contribution in [0.4, 0.5) is 13.2 Å². The molecule has 0 fully saturated rings. The highest BCUT2D eigenvalue weighted by atomic mass is 19.4. The number of alkyl halides is 3. The van der Waals surface area contributed by atoms with Gasteiger partial charge in [0.2, 0.25) is 11.2 Å². The van der Waals surface area contributed by atoms with Gasteiger partial charge in [0.05, 0.1) is 22.9 Å². The summed E-state index contributed by atoms with van der Waals surface area (Å²) in [5.41, 5.74) is 0.372. The fourth-order valence-electron chi connectivity index (χ4n) is 4.44. The van der Waals surface area contributed by atoms with Gasteiger partial charge >= 0.3 is 12.1 Å². The first-order valence-electron chi connectivity index (χ1n) is 12.0. The van der Waals surface area contributed by atoms with Crippen molar-refractivity contribution in [3.05, 3.63) is 98.9 Å². The number of imide groups is 1. The highest BCUT2D eigenvalue weighted by Gasteiger charge is 2.41. The Hall–Kier alpha value is -4.93. The van der Waals surface area contributed by atoms with E-state index in [2.05, 4.69) is 0 Å². The molecule has 3 aromatic carbocycles. The molecule has 2 heterocycles. The molecular weight excluding hydrogens is 531 g/mol. The Balaban J connectivity index is 1.37. The molecule has 0 saturated heterocycles. The molecule has 2 amide bonds. The summed E-state index contributed by atoms with van der Waals surface area (Å²) in [4.78, 5) is 51.3. The smallest absolute Gasteiger partial charge is 0.449 e. The van der Waals surface area contributed by atoms with E-state index in [1.165, 1.54) is 30.3 Å². The minimum atomic E-state index is -5.07. The molecule has 0 radical (unpaired) electrons. The molecule has 1 aliphatic heterocycles. The quantitative estimate of drug-likeness (QED) is 0.169. The Morgan fingerprint density at radius 1 is 0.875 bits per heavy atom. The SMILES string of the molecule is Cc1cc(C)cc(Oc2c(C(F)(F)F)oc3cc(OC(=O)CCN4C(=O)c5ccccc5C4=O)ccc3c2=O)c1. The third kappa shape index (κ3) is 5.05. The molecule has 1 aliphatic rings. The number of esters is 1. The summed E-state index contributed by atoms with van der Waals surface area (Å²) in [5.74, 6) is -4.76. The first-order chi connectivity index (χ1) is 18.9. The number of carbonyl (C=O) groups excluding carboxylic acids is 3. The van der Waals surface area contributed by atoms with Crippen molar-refractivity contribution in [2.75, 3.05) is 6.54 Å². The molecule has 0 N–H and O–H groups in total. The molecule has 0 spiro atoms. The molecule has 5 rings (SSSR count). The van der Waals surface area contributed by atoms with E-state index in [0.717, 1.165) is 28.2 Å². The van der Waals surface area contributed by atoms with Gasteiger partial charge in [0, 0.05) is 12.6 Å². The van der Waals surface area contributed by atoms with Crippen molar-refractivity contribution in [1.29, 1.82) is 0 Å². The van der Waals surface area contributed by atoms with Crippen LogP contribution in [0.2, 0.25) is 0 Å². The number of amides is 2. The van der Waals surface area contributed by atoms with Crippen molar-refractivity contribution in [2.45, 2.75) is 26.4 Å². The number of halogens is 3. The van der Waals surface area contributed by atoms with Crippen LogP contribution in [0, 0.1) is 13.8 Å². The number of aryl methyl sites for hydroxylation is 2. The molecule has 0 saturated carbocycles. The van der Waals surface area contributed by atoms with Gasteiger partial charge in [0.1, 0.15) is 17.1 Å². The number of benzene rings is 3. The molecule has 8 nitrogen and oxygen atoms in total. The van der Waals surface area contributed by atoms with E-state index >= 15 is 0 Å². The molecule has 40 heavy (non-hydrogen) atoms. The number of carbonyl (C=O) groups is 3. The van der Waals surface area contributed by atoms with Crippen LogP contribution in [0.1, 0.15) is 44.0 Å². The standard InChI is InChI=1S/C29H20F3NO7/c1-15-11-16(2)13-18(12-15)39-25-24(35)21-8-7-17(14-22(21)40-26(25)29(30,31)32)38-23(34)9-10-33-27(36)19-5-3-4-6-20(19)28(33)37/h3-8,11-14H,9-10H2,1-2H3. The van der Waals surface area contributed by atoms with E-state index < -0.39 is 46.5 Å². The normalized spacial score (nSPS) is 13.1. The maximum Gasteiger partial charge on any atom is 0.453 e. The molecule has 1 aromatic heterocycles. The average Bonchev–Trinajstić information content (AvgIpc) is 3.12. The van der Waals surface area contributed by atoms with Crippen LogP contribution in [0.5, 0.6) is 17.2 Å². The average molecular weight is 551 g/mol. The molecule has 0 bridgehead atoms. The van der Waals surface area contributed by atoms with E-state index in [1.807, 2.05) is 0 Å². The third-order valence-corrected chi connectivity index (χ3v) is 6.14. The number of nitrogens with zero attached hydrogens (tertiary/aromatic N) is 1. The fourth-order valence-corrected chi connectivity index (χ4v) is 4.44. The van der Waals surface area contributed by atoms with Gasteiger partial charge in [-0.05, 0) is 61.4 Å². The maximum atomic E-state index is 13.9. The second-order valence-corrected chi connectivity index (χ2v) is 9.20. The van der Waals surface area contributed by atoms with Gasteiger partial charge in [-0.3, -0.25) is 24.1 Å². The van der Waals surface area contributed by atoms with E-state index in [0.29, 0.717) is 0 Å². The van der Waals surface area contributed by atoms with Crippen LogP contribution in [-0.4, -0.2) is 29.2 Å². The van der Waals surface area contributed by atoms with Gasteiger partial charge in [0.25, 0.3) is 17.6 Å². The summed E-state index contributed by atoms with van der Waals surface area (Å²) in [7, 11) is 0. The first kappa shape index (κ1) is 26.7. The van der Waals surface area contributed by atoms with E-state index in [1.54, 1.807) is 32.0 Å². The van der Waals surface area contributed by atoms with Crippen LogP contribution >= 0.6 is 0 Å². The molecule has 11 heteroatoms. The lowest BCUT2D eigenvalue weighted by Gasteiger charge is -2.15. The zero-order valence-electron chi connectivity index (χ0n) is 21.1. The Kier molecular flexibility index (Phi) is 6.66. The topological polar surface area (TPSA) is 103 Å². The van der Waals surface area contributed by atoms with E-state index in [4.69, 9.17) is 13.9 Å². The van der Waals surface area contributed by atoms with Gasteiger partial charge in [-0.2, -0.15) is 13.2 Å². The number of fused-ring (bicyclic) bond motifs is 2. The zero-order valence-corrected chi connectivity index (χ0v) is 21.1. The Labute approximate surface area is 224 Å². The predicted molar refractivity (Wildman–Crippen MR) is 136 cm³/mol. The lowest BCUT2D eigenvalue weighted by atomic mass is 10.1. The highest BCUT2D eigenvalue weighted by Crippen LogP contribution is 2.39. The van der Waals surface area contributed by atoms with Crippen LogP contribution in [-0.2, 0) is 11.0 Å². The summed E-state index contributed by atoms with van der Waals surface area (Å²) < 4.78 is 57.3. The van der Waals surface area contributed by atoms with E-state index in [9.17, 15) is 32.3 Å². The van der Waals surface area contributed by atoms with Gasteiger partial charge in [-0.25, -0.2) is 0 Å². The first-order valence-corrected chi connectivity index (χ1v) is 12.0. The second-order valence-electron chi connectivity index (χ2n) is 9.20. The van der Waals surface area contributed by atoms with Crippen LogP contribution in [0.25, 0.3) is 11.0 Å². The zero-order chi connectivity index (χ0) is 28.8. The minimum absolute atomic E-state index is 0.0401. The summed E-state index contributed by atoms with van der Waals surface area (Å²) >= 11 is 0. The highest BCUT2D eigenvalue weighted by molar-refractivity contribution is 6.21. The van der Waals surface area contributed by atoms with Crippen LogP contribution in [0.15, 0.2) is 69.9 Å². The maximum absolute atomic E-state index is 13.9. The summed E-state index contributed by atoms with van der Waals surface area (Å²) in [6.45, 7) is 3.21. The number of hydrogen-bond donors (Lipinski definition) is 0. The molecule has 0 unspecified atom stereocenters. The second kappa shape index (κ2) is 9.99. The lowest BCUT2D eigenvalue weighted by molar-refractivity contribution is -0.154. The Morgan fingerprint density at radius 2 is 1.50 bits per heavy atom. The van der Waals surface area contributed by atoms with Gasteiger partial charge in [-0.1, -0.05) is 18.2 Å². The number of hydrogen-bond acceptors (Lipinski definition) is 7. The summed E-state index contributed by atoms with van der Waals surface area (Å²) in [6, 6.07) is 14.4. The van der Waals surface area contributed by atoms with E-state index in [-0.39, 0.29) is 41.0 Å². The van der Waals surface area contributed by atoms with Crippen molar-refractivity contribution in [1.82, 2.24) is 4.90 Å². The summed E-state index contributed by atoms with van der Waals surface area (Å²) in [5, 5.41) is -0.224. The largest absolute Gasteiger partial charge is 0.453 e. The molecule has 0 aliphatic carbocycles. The van der Waals surface area contributed by atoms with Crippen molar-refractivity contribution in [3.63, 3.8) is 0 Å². The van der Waals surface area contributed by atoms with Crippen LogP contribution in [0.3, 0.4) is 0 Å². The molecule has 0 atom stereocenters. The van der Waals surface area contributed by atoms with Crippen molar-refractivity contribution in [2.24, 2.45) is 0 Å². The van der Waals surface area contributed by atoms with Gasteiger partial charge in [-0.15, -0.1) is 0 Å². The summed E-state index contributed by atoms with van der Waals surface area (Å²) in [6.07, 6.45) is -5.44. The number of rotatable bonds is 6. The van der Waals surface area contributed by atoms with Crippen molar-refractivity contribution in [3.8, 4) is 17.2 Å².